The van der Waals surface area contributed by atoms with Crippen molar-refractivity contribution in [2.24, 2.45) is 4.36 Å². The van der Waals surface area contributed by atoms with Gasteiger partial charge in [0, 0.05) is 27.8 Å². The lowest BCUT2D eigenvalue weighted by molar-refractivity contribution is 0.0979. The number of fused-ring (bicyclic) bond motifs is 2. The summed E-state index contributed by atoms with van der Waals surface area (Å²) < 4.78 is 17.6. The first-order valence-corrected chi connectivity index (χ1v) is 10.4. The van der Waals surface area contributed by atoms with Gasteiger partial charge >= 0.3 is 0 Å². The van der Waals surface area contributed by atoms with E-state index in [9.17, 15) is 13.8 Å². The van der Waals surface area contributed by atoms with E-state index >= 15 is 0 Å². The van der Waals surface area contributed by atoms with Crippen LogP contribution in [0.1, 0.15) is 37.4 Å². The van der Waals surface area contributed by atoms with E-state index in [-0.39, 0.29) is 22.8 Å². The average Bonchev–Trinajstić information content (AvgIpc) is 2.66. The maximum atomic E-state index is 13.2. The molecule has 0 fully saturated rings. The van der Waals surface area contributed by atoms with Gasteiger partial charge in [0.25, 0.3) is 0 Å². The Morgan fingerprint density at radius 3 is 2.00 bits per heavy atom. The van der Waals surface area contributed by atoms with Gasteiger partial charge in [-0.3, -0.25) is 9.59 Å². The molecule has 1 aliphatic carbocycles. The largest absolute Gasteiger partial charge is 0.289 e. The van der Waals surface area contributed by atoms with Crippen LogP contribution in [-0.4, -0.2) is 22.0 Å². The summed E-state index contributed by atoms with van der Waals surface area (Å²) >= 11 is 0. The number of aryl methyl sites for hydroxylation is 1. The Labute approximate surface area is 158 Å². The number of hydrogen-bond donors (Lipinski definition) is 0. The van der Waals surface area contributed by atoms with E-state index in [0.29, 0.717) is 21.6 Å². The predicted octanol–water partition coefficient (Wildman–Crippen LogP) is 4.56. The van der Waals surface area contributed by atoms with Crippen LogP contribution in [0.4, 0.5) is 5.69 Å². The van der Waals surface area contributed by atoms with E-state index in [1.54, 1.807) is 60.9 Å². The molecule has 4 nitrogen and oxygen atoms in total. The molecular formula is C22H17NO3S. The highest BCUT2D eigenvalue weighted by Crippen LogP contribution is 2.34. The highest BCUT2D eigenvalue weighted by atomic mass is 32.2. The fraction of sp³-hybridized carbons (Fsp3) is 0.0909. The van der Waals surface area contributed by atoms with Gasteiger partial charge in [0.1, 0.15) is 0 Å². The molecule has 0 aliphatic heterocycles. The maximum Gasteiger partial charge on any atom is 0.196 e. The highest BCUT2D eigenvalue weighted by Gasteiger charge is 2.31. The van der Waals surface area contributed by atoms with Gasteiger partial charge in [0.2, 0.25) is 0 Å². The molecule has 3 aromatic rings. The predicted molar refractivity (Wildman–Crippen MR) is 105 cm³/mol. The van der Waals surface area contributed by atoms with Crippen LogP contribution >= 0.6 is 0 Å². The van der Waals surface area contributed by atoms with E-state index in [2.05, 4.69) is 4.36 Å². The molecule has 0 radical (unpaired) electrons. The molecule has 0 saturated heterocycles. The maximum absolute atomic E-state index is 13.2. The van der Waals surface area contributed by atoms with Crippen molar-refractivity contribution in [3.05, 3.63) is 94.5 Å². The van der Waals surface area contributed by atoms with Crippen molar-refractivity contribution in [1.82, 2.24) is 0 Å². The molecule has 1 atom stereocenters. The molecule has 1 aliphatic rings. The minimum atomic E-state index is -2.77. The Kier molecular flexibility index (Phi) is 4.04. The second-order valence-electron chi connectivity index (χ2n) is 6.61. The van der Waals surface area contributed by atoms with Crippen molar-refractivity contribution in [2.45, 2.75) is 11.8 Å². The zero-order valence-corrected chi connectivity index (χ0v) is 15.7. The summed E-state index contributed by atoms with van der Waals surface area (Å²) in [5.74, 6) is -0.478. The second kappa shape index (κ2) is 6.28. The van der Waals surface area contributed by atoms with Crippen molar-refractivity contribution in [3.63, 3.8) is 0 Å². The lowest BCUT2D eigenvalue weighted by Gasteiger charge is -2.18. The van der Waals surface area contributed by atoms with Crippen LogP contribution in [0, 0.1) is 6.92 Å². The molecule has 3 aromatic carbocycles. The molecule has 4 rings (SSSR count). The fourth-order valence-corrected chi connectivity index (χ4v) is 4.51. The number of carbonyl (C=O) groups excluding carboxylic acids is 2. The molecule has 5 heteroatoms. The third kappa shape index (κ3) is 2.90. The van der Waals surface area contributed by atoms with Gasteiger partial charge in [-0.1, -0.05) is 54.1 Å². The van der Waals surface area contributed by atoms with Crippen molar-refractivity contribution in [2.75, 3.05) is 6.26 Å². The number of nitrogens with zero attached hydrogens (tertiary/aromatic N) is 1. The first-order valence-electron chi connectivity index (χ1n) is 8.49. The standard InChI is InChI=1S/C22H17NO3S/c1-14-10-12-15(13-11-14)27(2,26)23-19-9-5-8-18-20(19)22(25)17-7-4-3-6-16(17)21(18)24/h3-13H,1-2H3/t27-/m1/s1. The van der Waals surface area contributed by atoms with Crippen LogP contribution < -0.4 is 0 Å². The van der Waals surface area contributed by atoms with Crippen molar-refractivity contribution < 1.29 is 13.8 Å². The van der Waals surface area contributed by atoms with Crippen LogP contribution in [0.5, 0.6) is 0 Å². The first kappa shape index (κ1) is 17.4. The van der Waals surface area contributed by atoms with E-state index in [1.807, 2.05) is 19.1 Å². The molecule has 0 unspecified atom stereocenters. The van der Waals surface area contributed by atoms with E-state index in [4.69, 9.17) is 0 Å². The summed E-state index contributed by atoms with van der Waals surface area (Å²) in [5, 5.41) is 0. The molecule has 27 heavy (non-hydrogen) atoms. The summed E-state index contributed by atoms with van der Waals surface area (Å²) in [6.45, 7) is 1.95. The van der Waals surface area contributed by atoms with Crippen LogP contribution in [0.15, 0.2) is 76.0 Å². The Hall–Kier alpha value is -3.05. The lowest BCUT2D eigenvalue weighted by atomic mass is 9.83. The third-order valence-corrected chi connectivity index (χ3v) is 6.35. The van der Waals surface area contributed by atoms with Gasteiger partial charge in [-0.25, -0.2) is 4.21 Å². The van der Waals surface area contributed by atoms with E-state index < -0.39 is 9.73 Å². The minimum Gasteiger partial charge on any atom is -0.289 e. The van der Waals surface area contributed by atoms with Gasteiger partial charge in [0.05, 0.1) is 21.0 Å². The average molecular weight is 375 g/mol. The lowest BCUT2D eigenvalue weighted by Crippen LogP contribution is -2.20. The number of carbonyl (C=O) groups is 2. The second-order valence-corrected chi connectivity index (χ2v) is 8.87. The molecule has 0 heterocycles. The van der Waals surface area contributed by atoms with Crippen molar-refractivity contribution in [1.29, 1.82) is 0 Å². The number of ketones is 2. The molecule has 134 valence electrons. The van der Waals surface area contributed by atoms with Gasteiger partial charge in [-0.2, -0.15) is 4.36 Å². The summed E-state index contributed by atoms with van der Waals surface area (Å²) in [7, 11) is -2.77. The van der Waals surface area contributed by atoms with E-state index in [0.717, 1.165) is 5.56 Å². The summed E-state index contributed by atoms with van der Waals surface area (Å²) in [6, 6.07) is 19.0. The van der Waals surface area contributed by atoms with Gasteiger partial charge in [-0.05, 0) is 25.1 Å². The molecule has 0 spiro atoms. The smallest absolute Gasteiger partial charge is 0.196 e. The monoisotopic (exact) mass is 375 g/mol. The van der Waals surface area contributed by atoms with Crippen LogP contribution in [0.25, 0.3) is 0 Å². The van der Waals surface area contributed by atoms with Gasteiger partial charge < -0.3 is 0 Å². The van der Waals surface area contributed by atoms with E-state index in [1.165, 1.54) is 0 Å². The van der Waals surface area contributed by atoms with Crippen molar-refractivity contribution >= 4 is 27.0 Å². The Bertz CT molecular complexity index is 1220. The van der Waals surface area contributed by atoms with Gasteiger partial charge in [0.15, 0.2) is 11.6 Å². The molecular weight excluding hydrogens is 358 g/mol. The molecule has 0 amide bonds. The topological polar surface area (TPSA) is 63.6 Å². The minimum absolute atomic E-state index is 0.213. The fourth-order valence-electron chi connectivity index (χ4n) is 3.23. The highest BCUT2D eigenvalue weighted by molar-refractivity contribution is 7.93. The van der Waals surface area contributed by atoms with Crippen LogP contribution in [0.2, 0.25) is 0 Å². The molecule has 0 N–H and O–H groups in total. The third-order valence-electron chi connectivity index (χ3n) is 4.66. The van der Waals surface area contributed by atoms with Crippen LogP contribution in [-0.2, 0) is 9.73 Å². The normalized spacial score (nSPS) is 14.9. The molecule has 0 aromatic heterocycles. The summed E-state index contributed by atoms with van der Waals surface area (Å²) in [6.07, 6.45) is 1.54. The molecule has 0 saturated carbocycles. The summed E-state index contributed by atoms with van der Waals surface area (Å²) in [4.78, 5) is 26.4. The summed E-state index contributed by atoms with van der Waals surface area (Å²) in [5.41, 5.74) is 2.62. The van der Waals surface area contributed by atoms with Crippen molar-refractivity contribution in [3.8, 4) is 0 Å². The first-order chi connectivity index (χ1) is 12.9. The number of benzene rings is 3. The Balaban J connectivity index is 1.92. The SMILES string of the molecule is Cc1ccc([S@@](C)(=O)=Nc2cccc3c2C(=O)c2ccccc2C3=O)cc1. The quantitative estimate of drug-likeness (QED) is 0.516. The zero-order valence-electron chi connectivity index (χ0n) is 14.9. The Morgan fingerprint density at radius 2 is 1.33 bits per heavy atom. The van der Waals surface area contributed by atoms with Gasteiger partial charge in [-0.15, -0.1) is 0 Å². The Morgan fingerprint density at radius 1 is 0.741 bits per heavy atom. The number of rotatable bonds is 2. The molecule has 0 bridgehead atoms. The zero-order chi connectivity index (χ0) is 19.2. The number of hydrogen-bond acceptors (Lipinski definition) is 4. The van der Waals surface area contributed by atoms with Crippen LogP contribution in [0.3, 0.4) is 0 Å².